The van der Waals surface area contributed by atoms with Crippen LogP contribution in [0.3, 0.4) is 0 Å². The molecule has 0 aliphatic carbocycles. The number of nitrogens with zero attached hydrogens (tertiary/aromatic N) is 4. The first-order valence-electron chi connectivity index (χ1n) is 10.2. The van der Waals surface area contributed by atoms with E-state index in [2.05, 4.69) is 10.3 Å². The van der Waals surface area contributed by atoms with Crippen molar-refractivity contribution in [1.29, 1.82) is 0 Å². The molecular weight excluding hydrogens is 390 g/mol. The molecule has 0 saturated heterocycles. The lowest BCUT2D eigenvalue weighted by Gasteiger charge is -2.11. The number of methoxy groups -OCH3 is 1. The minimum atomic E-state index is -0.00192. The van der Waals surface area contributed by atoms with Crippen LogP contribution in [0.25, 0.3) is 16.9 Å². The molecule has 0 saturated carbocycles. The lowest BCUT2D eigenvalue weighted by molar-refractivity contribution is -0.121. The Balaban J connectivity index is 1.52. The van der Waals surface area contributed by atoms with E-state index in [1.54, 1.807) is 19.5 Å². The van der Waals surface area contributed by atoms with E-state index >= 15 is 0 Å². The maximum absolute atomic E-state index is 12.3. The predicted molar refractivity (Wildman–Crippen MR) is 119 cm³/mol. The number of carbonyl (C=O) groups excluding carboxylic acids is 1. The van der Waals surface area contributed by atoms with Crippen LogP contribution in [0.4, 0.5) is 0 Å². The number of hydrogen-bond acceptors (Lipinski definition) is 5. The highest BCUT2D eigenvalue weighted by atomic mass is 16.5. The van der Waals surface area contributed by atoms with E-state index in [9.17, 15) is 4.79 Å². The van der Waals surface area contributed by atoms with Crippen molar-refractivity contribution in [3.8, 4) is 17.0 Å². The van der Waals surface area contributed by atoms with Crippen molar-refractivity contribution < 1.29 is 9.53 Å². The molecule has 7 nitrogen and oxygen atoms in total. The van der Waals surface area contributed by atoms with E-state index in [0.29, 0.717) is 19.4 Å². The number of hydrogen-bond donors (Lipinski definition) is 1. The highest BCUT2D eigenvalue weighted by Gasteiger charge is 2.16. The number of aryl methyl sites for hydroxylation is 2. The van der Waals surface area contributed by atoms with Crippen molar-refractivity contribution in [2.24, 2.45) is 0 Å². The van der Waals surface area contributed by atoms with Crippen molar-refractivity contribution in [3.05, 3.63) is 77.4 Å². The van der Waals surface area contributed by atoms with E-state index < -0.39 is 0 Å². The van der Waals surface area contributed by atoms with Crippen molar-refractivity contribution in [2.45, 2.75) is 33.2 Å². The number of aromatic nitrogens is 4. The van der Waals surface area contributed by atoms with Crippen molar-refractivity contribution in [2.75, 3.05) is 7.11 Å². The average molecular weight is 415 g/mol. The Morgan fingerprint density at radius 1 is 1.16 bits per heavy atom. The summed E-state index contributed by atoms with van der Waals surface area (Å²) in [6.45, 7) is 4.47. The van der Waals surface area contributed by atoms with Gasteiger partial charge in [-0.25, -0.2) is 9.50 Å². The Labute approximate surface area is 181 Å². The lowest BCUT2D eigenvalue weighted by Crippen LogP contribution is -2.23. The summed E-state index contributed by atoms with van der Waals surface area (Å²) in [5, 5.41) is 7.71. The summed E-state index contributed by atoms with van der Waals surface area (Å²) in [6, 6.07) is 13.6. The second-order valence-electron chi connectivity index (χ2n) is 7.40. The summed E-state index contributed by atoms with van der Waals surface area (Å²) >= 11 is 0. The van der Waals surface area contributed by atoms with Crippen LogP contribution in [0, 0.1) is 13.8 Å². The molecule has 0 aliphatic rings. The summed E-state index contributed by atoms with van der Waals surface area (Å²) < 4.78 is 7.32. The zero-order valence-electron chi connectivity index (χ0n) is 17.9. The molecule has 0 fully saturated rings. The highest BCUT2D eigenvalue weighted by molar-refractivity contribution is 5.76. The number of amides is 1. The Kier molecular flexibility index (Phi) is 5.93. The normalized spacial score (nSPS) is 10.9. The zero-order valence-corrected chi connectivity index (χ0v) is 17.9. The third kappa shape index (κ3) is 4.40. The second-order valence-corrected chi connectivity index (χ2v) is 7.40. The number of nitrogens with one attached hydrogen (secondary N) is 1. The average Bonchev–Trinajstić information content (AvgIpc) is 3.22. The van der Waals surface area contributed by atoms with Crippen LogP contribution in [0.1, 0.15) is 28.9 Å². The minimum Gasteiger partial charge on any atom is -0.496 e. The van der Waals surface area contributed by atoms with Crippen LogP contribution in [0.2, 0.25) is 0 Å². The monoisotopic (exact) mass is 415 g/mol. The van der Waals surface area contributed by atoms with Gasteiger partial charge in [0, 0.05) is 48.4 Å². The van der Waals surface area contributed by atoms with E-state index in [4.69, 9.17) is 14.8 Å². The topological polar surface area (TPSA) is 81.4 Å². The largest absolute Gasteiger partial charge is 0.496 e. The van der Waals surface area contributed by atoms with Gasteiger partial charge in [-0.15, -0.1) is 0 Å². The van der Waals surface area contributed by atoms with Gasteiger partial charge in [0.1, 0.15) is 5.75 Å². The van der Waals surface area contributed by atoms with Gasteiger partial charge in [0.2, 0.25) is 5.91 Å². The van der Waals surface area contributed by atoms with E-state index in [-0.39, 0.29) is 5.91 Å². The van der Waals surface area contributed by atoms with Crippen LogP contribution in [-0.2, 0) is 17.8 Å². The van der Waals surface area contributed by atoms with E-state index in [0.717, 1.165) is 45.2 Å². The van der Waals surface area contributed by atoms with Gasteiger partial charge in [-0.2, -0.15) is 5.10 Å². The molecule has 0 aliphatic heterocycles. The fraction of sp³-hybridized carbons (Fsp3) is 0.250. The Bertz CT molecular complexity index is 1220. The molecule has 0 atom stereocenters. The maximum Gasteiger partial charge on any atom is 0.220 e. The fourth-order valence-corrected chi connectivity index (χ4v) is 3.71. The van der Waals surface area contributed by atoms with Crippen molar-refractivity contribution in [3.63, 3.8) is 0 Å². The molecule has 3 heterocycles. The predicted octanol–water partition coefficient (Wildman–Crippen LogP) is 3.67. The molecule has 158 valence electrons. The molecule has 0 spiro atoms. The van der Waals surface area contributed by atoms with Crippen molar-refractivity contribution >= 4 is 11.6 Å². The third-order valence-corrected chi connectivity index (χ3v) is 5.36. The van der Waals surface area contributed by atoms with Crippen LogP contribution in [0.15, 0.2) is 54.9 Å². The smallest absolute Gasteiger partial charge is 0.220 e. The number of para-hydroxylation sites is 1. The lowest BCUT2D eigenvalue weighted by atomic mass is 10.1. The standard InChI is InChI=1S/C24H25N5O2/c1-16-19(10-11-24(30)26-15-18-7-6-12-25-14-18)17(2)29-23(27-16)13-21(28-29)20-8-4-5-9-22(20)31-3/h4-9,12-14H,10-11,15H2,1-3H3,(H,26,30). The highest BCUT2D eigenvalue weighted by Crippen LogP contribution is 2.29. The molecule has 1 aromatic carbocycles. The van der Waals surface area contributed by atoms with Gasteiger partial charge in [0.05, 0.1) is 12.8 Å². The number of rotatable bonds is 7. The van der Waals surface area contributed by atoms with Gasteiger partial charge in [0.15, 0.2) is 5.65 Å². The summed E-state index contributed by atoms with van der Waals surface area (Å²) in [5.74, 6) is 0.767. The van der Waals surface area contributed by atoms with Gasteiger partial charge in [0.25, 0.3) is 0 Å². The van der Waals surface area contributed by atoms with E-state index in [1.807, 2.05) is 60.8 Å². The molecule has 7 heteroatoms. The molecule has 3 aromatic heterocycles. The van der Waals surface area contributed by atoms with Crippen LogP contribution in [-0.4, -0.2) is 32.6 Å². The number of benzene rings is 1. The van der Waals surface area contributed by atoms with Gasteiger partial charge < -0.3 is 10.1 Å². The molecule has 1 N–H and O–H groups in total. The van der Waals surface area contributed by atoms with Crippen molar-refractivity contribution in [1.82, 2.24) is 24.9 Å². The molecule has 4 aromatic rings. The Morgan fingerprint density at radius 3 is 2.77 bits per heavy atom. The molecule has 0 unspecified atom stereocenters. The first-order chi connectivity index (χ1) is 15.1. The van der Waals surface area contributed by atoms with Crippen LogP contribution in [0.5, 0.6) is 5.75 Å². The number of ether oxygens (including phenoxy) is 1. The van der Waals surface area contributed by atoms with Gasteiger partial charge in [-0.1, -0.05) is 18.2 Å². The van der Waals surface area contributed by atoms with Crippen LogP contribution < -0.4 is 10.1 Å². The SMILES string of the molecule is COc1ccccc1-c1cc2nc(C)c(CCC(=O)NCc3cccnc3)c(C)n2n1. The quantitative estimate of drug-likeness (QED) is 0.498. The second kappa shape index (κ2) is 8.95. The van der Waals surface area contributed by atoms with Gasteiger partial charge >= 0.3 is 0 Å². The molecule has 31 heavy (non-hydrogen) atoms. The zero-order chi connectivity index (χ0) is 21.8. The molecule has 0 bridgehead atoms. The number of pyridine rings is 1. The van der Waals surface area contributed by atoms with Crippen LogP contribution >= 0.6 is 0 Å². The summed E-state index contributed by atoms with van der Waals surface area (Å²) in [6.07, 6.45) is 4.46. The first kappa shape index (κ1) is 20.5. The van der Waals surface area contributed by atoms with Gasteiger partial charge in [-0.05, 0) is 49.6 Å². The fourth-order valence-electron chi connectivity index (χ4n) is 3.71. The summed E-state index contributed by atoms with van der Waals surface area (Å²) in [4.78, 5) is 21.1. The number of fused-ring (bicyclic) bond motifs is 1. The minimum absolute atomic E-state index is 0.00192. The third-order valence-electron chi connectivity index (χ3n) is 5.36. The maximum atomic E-state index is 12.3. The number of carbonyl (C=O) groups is 1. The first-order valence-corrected chi connectivity index (χ1v) is 10.2. The summed E-state index contributed by atoms with van der Waals surface area (Å²) in [5.41, 5.74) is 6.43. The van der Waals surface area contributed by atoms with E-state index in [1.165, 1.54) is 0 Å². The summed E-state index contributed by atoms with van der Waals surface area (Å²) in [7, 11) is 1.65. The Morgan fingerprint density at radius 2 is 2.00 bits per heavy atom. The molecule has 4 rings (SSSR count). The molecule has 0 radical (unpaired) electrons. The van der Waals surface area contributed by atoms with Gasteiger partial charge in [-0.3, -0.25) is 9.78 Å². The Hall–Kier alpha value is -3.74. The molecule has 1 amide bonds. The molecular formula is C24H25N5O2.